The van der Waals surface area contributed by atoms with E-state index in [-0.39, 0.29) is 12.5 Å². The molecule has 0 aromatic carbocycles. The second-order valence-corrected chi connectivity index (χ2v) is 5.44. The van der Waals surface area contributed by atoms with Crippen molar-refractivity contribution >= 4 is 12.0 Å². The smallest absolute Gasteiger partial charge is 0.317 e. The third-order valence-corrected chi connectivity index (χ3v) is 4.10. The number of hydrogen-bond acceptors (Lipinski definition) is 2. The van der Waals surface area contributed by atoms with E-state index in [0.29, 0.717) is 12.0 Å². The van der Waals surface area contributed by atoms with Crippen LogP contribution in [0.3, 0.4) is 0 Å². The molecule has 18 heavy (non-hydrogen) atoms. The van der Waals surface area contributed by atoms with Crippen molar-refractivity contribution in [3.63, 3.8) is 0 Å². The first kappa shape index (κ1) is 13.2. The number of piperidine rings is 1. The van der Waals surface area contributed by atoms with Crippen molar-refractivity contribution in [2.24, 2.45) is 5.92 Å². The molecule has 1 heterocycles. The van der Waals surface area contributed by atoms with Gasteiger partial charge >= 0.3 is 12.0 Å². The van der Waals surface area contributed by atoms with Gasteiger partial charge in [-0.1, -0.05) is 0 Å². The summed E-state index contributed by atoms with van der Waals surface area (Å²) >= 11 is 0. The highest BCUT2D eigenvalue weighted by Gasteiger charge is 2.26. The number of urea groups is 1. The molecule has 2 amide bonds. The third kappa shape index (κ3) is 3.62. The minimum absolute atomic E-state index is 0.0661. The summed E-state index contributed by atoms with van der Waals surface area (Å²) < 4.78 is 0. The number of nitrogens with zero attached hydrogens (tertiary/aromatic N) is 1. The number of amides is 2. The van der Waals surface area contributed by atoms with Crippen molar-refractivity contribution in [2.75, 3.05) is 13.1 Å². The van der Waals surface area contributed by atoms with Crippen molar-refractivity contribution in [1.82, 2.24) is 10.2 Å². The second kappa shape index (κ2) is 6.07. The number of hydrogen-bond donors (Lipinski definition) is 2. The van der Waals surface area contributed by atoms with Gasteiger partial charge in [0.1, 0.15) is 0 Å². The lowest BCUT2D eigenvalue weighted by molar-refractivity contribution is -0.137. The lowest BCUT2D eigenvalue weighted by atomic mass is 9.92. The first-order chi connectivity index (χ1) is 8.65. The van der Waals surface area contributed by atoms with Crippen LogP contribution in [0.2, 0.25) is 0 Å². The monoisotopic (exact) mass is 254 g/mol. The van der Waals surface area contributed by atoms with Gasteiger partial charge in [-0.25, -0.2) is 4.79 Å². The zero-order chi connectivity index (χ0) is 13.0. The highest BCUT2D eigenvalue weighted by Crippen LogP contribution is 2.23. The van der Waals surface area contributed by atoms with Gasteiger partial charge in [-0.15, -0.1) is 0 Å². The summed E-state index contributed by atoms with van der Waals surface area (Å²) in [6, 6.07) is 0.457. The molecule has 1 saturated heterocycles. The molecule has 1 saturated carbocycles. The Kier molecular flexibility index (Phi) is 4.44. The Morgan fingerprint density at radius 2 is 1.83 bits per heavy atom. The lowest BCUT2D eigenvalue weighted by Crippen LogP contribution is -2.49. The maximum absolute atomic E-state index is 11.9. The van der Waals surface area contributed by atoms with Gasteiger partial charge in [0.25, 0.3) is 0 Å². The van der Waals surface area contributed by atoms with Crippen LogP contribution in [0.5, 0.6) is 0 Å². The molecule has 0 bridgehead atoms. The Labute approximate surface area is 108 Å². The summed E-state index contributed by atoms with van der Waals surface area (Å²) in [5.74, 6) is -0.256. The van der Waals surface area contributed by atoms with Crippen LogP contribution in [0.25, 0.3) is 0 Å². The van der Waals surface area contributed by atoms with Gasteiger partial charge in [0.05, 0.1) is 0 Å². The minimum Gasteiger partial charge on any atom is -0.481 e. The standard InChI is InChI=1S/C13H22N2O3/c16-12(17)5-4-10-6-8-15(9-7-10)13(18)14-11-2-1-3-11/h10-11H,1-9H2,(H,14,18)(H,16,17). The summed E-state index contributed by atoms with van der Waals surface area (Å²) in [4.78, 5) is 24.3. The molecule has 0 radical (unpaired) electrons. The minimum atomic E-state index is -0.722. The van der Waals surface area contributed by atoms with Crippen molar-refractivity contribution in [2.45, 2.75) is 51.0 Å². The van der Waals surface area contributed by atoms with E-state index in [1.165, 1.54) is 6.42 Å². The van der Waals surface area contributed by atoms with Crippen molar-refractivity contribution in [3.05, 3.63) is 0 Å². The molecular weight excluding hydrogens is 232 g/mol. The van der Waals surface area contributed by atoms with Crippen LogP contribution < -0.4 is 5.32 Å². The van der Waals surface area contributed by atoms with Crippen LogP contribution in [0.15, 0.2) is 0 Å². The van der Waals surface area contributed by atoms with Crippen molar-refractivity contribution < 1.29 is 14.7 Å². The molecule has 0 aromatic heterocycles. The fourth-order valence-corrected chi connectivity index (χ4v) is 2.57. The van der Waals surface area contributed by atoms with Crippen LogP contribution in [-0.2, 0) is 4.79 Å². The van der Waals surface area contributed by atoms with E-state index < -0.39 is 5.97 Å². The lowest BCUT2D eigenvalue weighted by Gasteiger charge is -2.35. The maximum Gasteiger partial charge on any atom is 0.317 e. The van der Waals surface area contributed by atoms with Gasteiger partial charge in [-0.2, -0.15) is 0 Å². The Balaban J connectivity index is 1.65. The topological polar surface area (TPSA) is 69.6 Å². The highest BCUT2D eigenvalue weighted by atomic mass is 16.4. The molecule has 5 nitrogen and oxygen atoms in total. The largest absolute Gasteiger partial charge is 0.481 e. The first-order valence-corrected chi connectivity index (χ1v) is 6.92. The number of carboxylic acids is 1. The Hall–Kier alpha value is -1.26. The van der Waals surface area contributed by atoms with Crippen LogP contribution in [-0.4, -0.2) is 41.1 Å². The molecule has 2 fully saturated rings. The van der Waals surface area contributed by atoms with E-state index in [2.05, 4.69) is 5.32 Å². The average molecular weight is 254 g/mol. The van der Waals surface area contributed by atoms with E-state index in [1.54, 1.807) is 0 Å². The zero-order valence-electron chi connectivity index (χ0n) is 10.7. The first-order valence-electron chi connectivity index (χ1n) is 6.92. The average Bonchev–Trinajstić information content (AvgIpc) is 2.31. The Morgan fingerprint density at radius 1 is 1.17 bits per heavy atom. The molecule has 0 aromatic rings. The summed E-state index contributed by atoms with van der Waals surface area (Å²) in [6.07, 6.45) is 6.31. The summed E-state index contributed by atoms with van der Waals surface area (Å²) in [5, 5.41) is 11.7. The van der Waals surface area contributed by atoms with Gasteiger partial charge in [-0.05, 0) is 44.4 Å². The molecular formula is C13H22N2O3. The molecule has 2 aliphatic rings. The quantitative estimate of drug-likeness (QED) is 0.804. The number of rotatable bonds is 4. The molecule has 0 spiro atoms. The predicted molar refractivity (Wildman–Crippen MR) is 67.3 cm³/mol. The normalized spacial score (nSPS) is 21.4. The number of carboxylic acid groups (broad SMARTS) is 1. The highest BCUT2D eigenvalue weighted by molar-refractivity contribution is 5.74. The van der Waals surface area contributed by atoms with Crippen molar-refractivity contribution in [3.8, 4) is 0 Å². The van der Waals surface area contributed by atoms with Crippen molar-refractivity contribution in [1.29, 1.82) is 0 Å². The van der Waals surface area contributed by atoms with Crippen LogP contribution in [0.4, 0.5) is 4.79 Å². The fourth-order valence-electron chi connectivity index (χ4n) is 2.57. The van der Waals surface area contributed by atoms with E-state index in [0.717, 1.165) is 45.2 Å². The van der Waals surface area contributed by atoms with Gasteiger partial charge in [-0.3, -0.25) is 4.79 Å². The van der Waals surface area contributed by atoms with Crippen LogP contribution >= 0.6 is 0 Å². The molecule has 2 rings (SSSR count). The van der Waals surface area contributed by atoms with E-state index in [9.17, 15) is 9.59 Å². The van der Waals surface area contributed by atoms with E-state index in [4.69, 9.17) is 5.11 Å². The summed E-state index contributed by atoms with van der Waals surface area (Å²) in [6.45, 7) is 1.53. The predicted octanol–water partition coefficient (Wildman–Crippen LogP) is 1.83. The third-order valence-electron chi connectivity index (χ3n) is 4.10. The van der Waals surface area contributed by atoms with Gasteiger partial charge in [0.2, 0.25) is 0 Å². The molecule has 0 unspecified atom stereocenters. The number of aliphatic carboxylic acids is 1. The SMILES string of the molecule is O=C(O)CCC1CCN(C(=O)NC2CCC2)CC1. The Bertz CT molecular complexity index is 307. The number of likely N-dealkylation sites (tertiary alicyclic amines) is 1. The molecule has 1 aliphatic heterocycles. The van der Waals surface area contributed by atoms with Crippen LogP contribution in [0.1, 0.15) is 44.9 Å². The molecule has 2 N–H and O–H groups in total. The molecule has 102 valence electrons. The zero-order valence-corrected chi connectivity index (χ0v) is 10.7. The van der Waals surface area contributed by atoms with Gasteiger partial charge in [0.15, 0.2) is 0 Å². The Morgan fingerprint density at radius 3 is 2.33 bits per heavy atom. The molecule has 0 atom stereocenters. The number of nitrogens with one attached hydrogen (secondary N) is 1. The van der Waals surface area contributed by atoms with Crippen LogP contribution in [0, 0.1) is 5.92 Å². The maximum atomic E-state index is 11.9. The summed E-state index contributed by atoms with van der Waals surface area (Å²) in [7, 11) is 0. The summed E-state index contributed by atoms with van der Waals surface area (Å²) in [5.41, 5.74) is 0. The number of carbonyl (C=O) groups is 2. The second-order valence-electron chi connectivity index (χ2n) is 5.44. The molecule has 5 heteroatoms. The van der Waals surface area contributed by atoms with E-state index >= 15 is 0 Å². The van der Waals surface area contributed by atoms with E-state index in [1.807, 2.05) is 4.90 Å². The van der Waals surface area contributed by atoms with Gasteiger partial charge in [0, 0.05) is 25.6 Å². The van der Waals surface area contributed by atoms with Gasteiger partial charge < -0.3 is 15.3 Å². The molecule has 1 aliphatic carbocycles. The number of carbonyl (C=O) groups excluding carboxylic acids is 1. The fraction of sp³-hybridized carbons (Fsp3) is 0.846.